The summed E-state index contributed by atoms with van der Waals surface area (Å²) in [5, 5.41) is 2.79. The maximum atomic E-state index is 12.7. The van der Waals surface area contributed by atoms with Crippen LogP contribution in [-0.4, -0.2) is 40.5 Å². The first-order valence-electron chi connectivity index (χ1n) is 8.93. The first-order valence-corrected chi connectivity index (χ1v) is 8.93. The molecule has 1 fully saturated rings. The van der Waals surface area contributed by atoms with Crippen LogP contribution in [0.1, 0.15) is 11.6 Å². The van der Waals surface area contributed by atoms with Gasteiger partial charge in [0.1, 0.15) is 6.54 Å². The third kappa shape index (κ3) is 3.75. The predicted molar refractivity (Wildman–Crippen MR) is 101 cm³/mol. The second kappa shape index (κ2) is 7.63. The molecule has 2 aromatic carbocycles. The van der Waals surface area contributed by atoms with Crippen molar-refractivity contribution in [1.82, 2.24) is 14.8 Å². The van der Waals surface area contributed by atoms with Crippen LogP contribution >= 0.6 is 0 Å². The normalized spacial score (nSPS) is 14.8. The van der Waals surface area contributed by atoms with E-state index in [9.17, 15) is 19.2 Å². The van der Waals surface area contributed by atoms with Crippen LogP contribution in [0.5, 0.6) is 0 Å². The third-order valence-corrected chi connectivity index (χ3v) is 4.62. The van der Waals surface area contributed by atoms with Gasteiger partial charge in [-0.3, -0.25) is 14.2 Å². The molecule has 9 heteroatoms. The van der Waals surface area contributed by atoms with Crippen LogP contribution in [0, 0.1) is 0 Å². The van der Waals surface area contributed by atoms with Crippen LogP contribution in [-0.2, 0) is 20.9 Å². The zero-order valence-electron chi connectivity index (χ0n) is 15.2. The number of nitrogens with zero attached hydrogens (tertiary/aromatic N) is 2. The molecule has 1 unspecified atom stereocenters. The maximum Gasteiger partial charge on any atom is 0.420 e. The molecule has 29 heavy (non-hydrogen) atoms. The molecule has 1 aliphatic rings. The molecule has 0 spiro atoms. The number of rotatable bonds is 6. The number of ether oxygens (including phenoxy) is 1. The predicted octanol–water partition coefficient (Wildman–Crippen LogP) is 1.43. The zero-order valence-corrected chi connectivity index (χ0v) is 15.2. The number of carbonyl (C=O) groups excluding carboxylic acids is 3. The quantitative estimate of drug-likeness (QED) is 0.676. The number of aromatic nitrogens is 1. The van der Waals surface area contributed by atoms with Gasteiger partial charge in [0, 0.05) is 0 Å². The van der Waals surface area contributed by atoms with Gasteiger partial charge in [-0.1, -0.05) is 42.5 Å². The molecule has 148 valence electrons. The van der Waals surface area contributed by atoms with Gasteiger partial charge in [0.15, 0.2) is 12.2 Å². The van der Waals surface area contributed by atoms with E-state index >= 15 is 0 Å². The van der Waals surface area contributed by atoms with E-state index in [-0.39, 0.29) is 19.7 Å². The Morgan fingerprint density at radius 3 is 2.48 bits per heavy atom. The standard InChI is InChI=1S/C20H17N3O6/c24-17(11-22-15-8-4-5-9-16(15)29-20(22)27)21-14(13-6-2-1-3-7-13)10-23-18(25)12-28-19(23)26/h1-9,14H,10-12H2,(H,21,24). The fourth-order valence-corrected chi connectivity index (χ4v) is 3.21. The SMILES string of the molecule is O=C(Cn1c(=O)oc2ccccc21)NC(CN1C(=O)COC1=O)c1ccccc1. The lowest BCUT2D eigenvalue weighted by Gasteiger charge is -2.22. The van der Waals surface area contributed by atoms with Crippen LogP contribution < -0.4 is 11.1 Å². The Morgan fingerprint density at radius 2 is 1.76 bits per heavy atom. The van der Waals surface area contributed by atoms with Crippen molar-refractivity contribution in [3.05, 3.63) is 70.7 Å². The molecule has 0 saturated carbocycles. The summed E-state index contributed by atoms with van der Waals surface area (Å²) in [6.45, 7) is -0.656. The number of benzene rings is 2. The number of para-hydroxylation sites is 2. The number of nitrogens with one attached hydrogen (secondary N) is 1. The van der Waals surface area contributed by atoms with Gasteiger partial charge >= 0.3 is 11.8 Å². The molecule has 1 saturated heterocycles. The van der Waals surface area contributed by atoms with E-state index in [4.69, 9.17) is 9.15 Å². The van der Waals surface area contributed by atoms with Gasteiger partial charge in [0.2, 0.25) is 5.91 Å². The average Bonchev–Trinajstić information content (AvgIpc) is 3.21. The highest BCUT2D eigenvalue weighted by atomic mass is 16.6. The van der Waals surface area contributed by atoms with Crippen molar-refractivity contribution in [3.8, 4) is 0 Å². The molecule has 1 aromatic heterocycles. The van der Waals surface area contributed by atoms with Crippen molar-refractivity contribution >= 4 is 29.0 Å². The molecular weight excluding hydrogens is 378 g/mol. The number of amides is 3. The monoisotopic (exact) mass is 395 g/mol. The van der Waals surface area contributed by atoms with Crippen molar-refractivity contribution in [2.45, 2.75) is 12.6 Å². The molecule has 0 radical (unpaired) electrons. The molecular formula is C20H17N3O6. The summed E-state index contributed by atoms with van der Waals surface area (Å²) in [5.74, 6) is -1.58. The van der Waals surface area contributed by atoms with E-state index in [2.05, 4.69) is 5.32 Å². The molecule has 0 bridgehead atoms. The van der Waals surface area contributed by atoms with E-state index in [1.165, 1.54) is 4.57 Å². The lowest BCUT2D eigenvalue weighted by molar-refractivity contribution is -0.127. The summed E-state index contributed by atoms with van der Waals surface area (Å²) in [6, 6.07) is 15.1. The first kappa shape index (κ1) is 18.5. The van der Waals surface area contributed by atoms with Crippen molar-refractivity contribution in [2.75, 3.05) is 13.2 Å². The molecule has 4 rings (SSSR count). The topological polar surface area (TPSA) is 111 Å². The number of cyclic esters (lactones) is 1. The van der Waals surface area contributed by atoms with Crippen molar-refractivity contribution in [1.29, 1.82) is 0 Å². The van der Waals surface area contributed by atoms with Crippen LogP contribution in [0.4, 0.5) is 4.79 Å². The first-order chi connectivity index (χ1) is 14.0. The number of hydrogen-bond acceptors (Lipinski definition) is 6. The molecule has 1 N–H and O–H groups in total. The summed E-state index contributed by atoms with van der Waals surface area (Å²) >= 11 is 0. The summed E-state index contributed by atoms with van der Waals surface area (Å²) in [7, 11) is 0. The minimum atomic E-state index is -0.748. The molecule has 2 heterocycles. The summed E-state index contributed by atoms with van der Waals surface area (Å²) in [5.41, 5.74) is 1.59. The Bertz CT molecular complexity index is 1120. The fourth-order valence-electron chi connectivity index (χ4n) is 3.21. The summed E-state index contributed by atoms with van der Waals surface area (Å²) in [6.07, 6.45) is -0.748. The molecule has 9 nitrogen and oxygen atoms in total. The Balaban J connectivity index is 1.56. The average molecular weight is 395 g/mol. The van der Waals surface area contributed by atoms with Gasteiger partial charge < -0.3 is 14.5 Å². The van der Waals surface area contributed by atoms with Crippen LogP contribution in [0.3, 0.4) is 0 Å². The van der Waals surface area contributed by atoms with E-state index in [0.29, 0.717) is 16.7 Å². The molecule has 3 amide bonds. The summed E-state index contributed by atoms with van der Waals surface area (Å²) < 4.78 is 11.1. The van der Waals surface area contributed by atoms with Crippen molar-refractivity contribution in [2.24, 2.45) is 0 Å². The maximum absolute atomic E-state index is 12.7. The lowest BCUT2D eigenvalue weighted by atomic mass is 10.1. The van der Waals surface area contributed by atoms with Gasteiger partial charge in [0.05, 0.1) is 18.1 Å². The Morgan fingerprint density at radius 1 is 1.03 bits per heavy atom. The minimum absolute atomic E-state index is 0.0749. The van der Waals surface area contributed by atoms with Crippen LogP contribution in [0.25, 0.3) is 11.1 Å². The number of carbonyl (C=O) groups is 3. The van der Waals surface area contributed by atoms with E-state index in [0.717, 1.165) is 4.90 Å². The Kier molecular flexibility index (Phi) is 4.86. The van der Waals surface area contributed by atoms with Gasteiger partial charge in [-0.2, -0.15) is 0 Å². The van der Waals surface area contributed by atoms with Gasteiger partial charge in [-0.25, -0.2) is 14.5 Å². The Hall–Kier alpha value is -3.88. The molecule has 1 aliphatic heterocycles. The highest BCUT2D eigenvalue weighted by Crippen LogP contribution is 2.18. The number of fused-ring (bicyclic) bond motifs is 1. The number of imide groups is 1. The van der Waals surface area contributed by atoms with E-state index < -0.39 is 29.7 Å². The fraction of sp³-hybridized carbons (Fsp3) is 0.200. The Labute approximate surface area is 164 Å². The lowest BCUT2D eigenvalue weighted by Crippen LogP contribution is -2.41. The third-order valence-electron chi connectivity index (χ3n) is 4.62. The highest BCUT2D eigenvalue weighted by molar-refractivity contribution is 5.97. The van der Waals surface area contributed by atoms with Gasteiger partial charge in [-0.15, -0.1) is 0 Å². The number of oxazole rings is 1. The zero-order chi connectivity index (χ0) is 20.4. The largest absolute Gasteiger partial charge is 0.439 e. The number of hydrogen-bond donors (Lipinski definition) is 1. The second-order valence-corrected chi connectivity index (χ2v) is 6.51. The van der Waals surface area contributed by atoms with E-state index in [1.807, 2.05) is 6.07 Å². The minimum Gasteiger partial charge on any atom is -0.439 e. The highest BCUT2D eigenvalue weighted by Gasteiger charge is 2.33. The van der Waals surface area contributed by atoms with Gasteiger partial charge in [-0.05, 0) is 17.7 Å². The molecule has 1 atom stereocenters. The molecule has 3 aromatic rings. The molecule has 0 aliphatic carbocycles. The van der Waals surface area contributed by atoms with Gasteiger partial charge in [0.25, 0.3) is 5.91 Å². The smallest absolute Gasteiger partial charge is 0.420 e. The van der Waals surface area contributed by atoms with Crippen molar-refractivity contribution < 1.29 is 23.5 Å². The summed E-state index contributed by atoms with van der Waals surface area (Å²) in [4.78, 5) is 49.4. The van der Waals surface area contributed by atoms with Crippen LogP contribution in [0.15, 0.2) is 63.8 Å². The van der Waals surface area contributed by atoms with Crippen LogP contribution in [0.2, 0.25) is 0 Å². The second-order valence-electron chi connectivity index (χ2n) is 6.51. The van der Waals surface area contributed by atoms with E-state index in [1.54, 1.807) is 48.5 Å². The van der Waals surface area contributed by atoms with Crippen molar-refractivity contribution in [3.63, 3.8) is 0 Å².